The second-order valence-electron chi connectivity index (χ2n) is 7.41. The molecule has 1 aliphatic heterocycles. The van der Waals surface area contributed by atoms with Crippen LogP contribution in [0.4, 0.5) is 0 Å². The monoisotopic (exact) mass is 350 g/mol. The minimum atomic E-state index is 0.246. The van der Waals surface area contributed by atoms with Crippen LogP contribution in [-0.4, -0.2) is 43.4 Å². The molecule has 0 aromatic carbocycles. The molecular weight excluding hydrogens is 320 g/mol. The zero-order valence-electron chi connectivity index (χ0n) is 15.2. The minimum absolute atomic E-state index is 0.246. The number of thioether (sulfide) groups is 1. The van der Waals surface area contributed by atoms with Crippen molar-refractivity contribution in [3.8, 4) is 0 Å². The second kappa shape index (κ2) is 7.89. The van der Waals surface area contributed by atoms with Crippen LogP contribution in [0.5, 0.6) is 0 Å². The van der Waals surface area contributed by atoms with Gasteiger partial charge in [0.25, 0.3) is 0 Å². The standard InChI is InChI=1S/C18H30N4OS/c1-13-8-7-9-14(2)21(13)17(23)12-24-18-20-19-15(3)22(18)16-10-5-4-6-11-16/h13-14,16H,4-12H2,1-3H3. The van der Waals surface area contributed by atoms with Gasteiger partial charge in [-0.05, 0) is 52.9 Å². The summed E-state index contributed by atoms with van der Waals surface area (Å²) < 4.78 is 2.28. The molecule has 0 spiro atoms. The van der Waals surface area contributed by atoms with Gasteiger partial charge in [0.15, 0.2) is 5.16 Å². The maximum atomic E-state index is 12.7. The number of nitrogens with zero attached hydrogens (tertiary/aromatic N) is 4. The molecule has 1 aromatic rings. The highest BCUT2D eigenvalue weighted by Gasteiger charge is 2.29. The number of carbonyl (C=O) groups excluding carboxylic acids is 1. The van der Waals surface area contributed by atoms with Crippen LogP contribution in [0.15, 0.2) is 5.16 Å². The molecule has 2 aliphatic rings. The van der Waals surface area contributed by atoms with Crippen molar-refractivity contribution in [2.75, 3.05) is 5.75 Å². The third-order valence-electron chi connectivity index (χ3n) is 5.58. The van der Waals surface area contributed by atoms with E-state index in [1.54, 1.807) is 11.8 Å². The average molecular weight is 351 g/mol. The Labute approximate surface area is 149 Å². The van der Waals surface area contributed by atoms with Crippen LogP contribution in [0, 0.1) is 6.92 Å². The van der Waals surface area contributed by atoms with Crippen molar-refractivity contribution in [2.24, 2.45) is 0 Å². The van der Waals surface area contributed by atoms with Crippen LogP contribution in [0.25, 0.3) is 0 Å². The zero-order chi connectivity index (χ0) is 17.1. The van der Waals surface area contributed by atoms with Crippen molar-refractivity contribution in [3.05, 3.63) is 5.82 Å². The average Bonchev–Trinajstić information content (AvgIpc) is 2.94. The molecule has 1 aliphatic carbocycles. The number of aryl methyl sites for hydroxylation is 1. The Morgan fingerprint density at radius 1 is 1.04 bits per heavy atom. The van der Waals surface area contributed by atoms with Crippen LogP contribution in [0.2, 0.25) is 0 Å². The van der Waals surface area contributed by atoms with Crippen LogP contribution in [-0.2, 0) is 4.79 Å². The van der Waals surface area contributed by atoms with E-state index in [0.29, 0.717) is 23.9 Å². The van der Waals surface area contributed by atoms with Crippen LogP contribution in [0.1, 0.15) is 77.1 Å². The largest absolute Gasteiger partial charge is 0.337 e. The molecule has 2 unspecified atom stereocenters. The summed E-state index contributed by atoms with van der Waals surface area (Å²) in [5.41, 5.74) is 0. The lowest BCUT2D eigenvalue weighted by atomic mass is 9.95. The van der Waals surface area contributed by atoms with E-state index in [2.05, 4.69) is 33.5 Å². The van der Waals surface area contributed by atoms with Crippen molar-refractivity contribution in [1.82, 2.24) is 19.7 Å². The van der Waals surface area contributed by atoms with E-state index in [0.717, 1.165) is 23.8 Å². The van der Waals surface area contributed by atoms with Crippen LogP contribution >= 0.6 is 11.8 Å². The molecule has 0 bridgehead atoms. The smallest absolute Gasteiger partial charge is 0.233 e. The quantitative estimate of drug-likeness (QED) is 0.771. The molecule has 3 rings (SSSR count). The summed E-state index contributed by atoms with van der Waals surface area (Å²) in [5, 5.41) is 9.55. The Morgan fingerprint density at radius 3 is 2.38 bits per heavy atom. The first-order valence-corrected chi connectivity index (χ1v) is 10.4. The Hall–Kier alpha value is -1.04. The van der Waals surface area contributed by atoms with Gasteiger partial charge in [-0.15, -0.1) is 10.2 Å². The van der Waals surface area contributed by atoms with E-state index in [1.165, 1.54) is 38.5 Å². The third kappa shape index (κ3) is 3.79. The SMILES string of the molecule is Cc1nnc(SCC(=O)N2C(C)CCCC2C)n1C1CCCCC1. The van der Waals surface area contributed by atoms with Gasteiger partial charge in [-0.1, -0.05) is 31.0 Å². The maximum Gasteiger partial charge on any atom is 0.233 e. The lowest BCUT2D eigenvalue weighted by Crippen LogP contribution is -2.48. The molecule has 1 saturated carbocycles. The number of likely N-dealkylation sites (tertiary alicyclic amines) is 1. The zero-order valence-corrected chi connectivity index (χ0v) is 16.0. The number of amides is 1. The highest BCUT2D eigenvalue weighted by molar-refractivity contribution is 7.99. The topological polar surface area (TPSA) is 51.0 Å². The Balaban J connectivity index is 1.65. The van der Waals surface area contributed by atoms with Gasteiger partial charge in [-0.2, -0.15) is 0 Å². The van der Waals surface area contributed by atoms with Crippen molar-refractivity contribution in [1.29, 1.82) is 0 Å². The summed E-state index contributed by atoms with van der Waals surface area (Å²) in [6.45, 7) is 6.38. The van der Waals surface area contributed by atoms with E-state index in [-0.39, 0.29) is 5.91 Å². The van der Waals surface area contributed by atoms with Crippen molar-refractivity contribution < 1.29 is 4.79 Å². The Bertz CT molecular complexity index is 557. The number of piperidine rings is 1. The van der Waals surface area contributed by atoms with Gasteiger partial charge in [0, 0.05) is 18.1 Å². The lowest BCUT2D eigenvalue weighted by molar-refractivity contribution is -0.134. The summed E-state index contributed by atoms with van der Waals surface area (Å²) in [6.07, 6.45) is 9.80. The van der Waals surface area contributed by atoms with E-state index in [9.17, 15) is 4.79 Å². The molecule has 2 atom stereocenters. The van der Waals surface area contributed by atoms with Crippen LogP contribution in [0.3, 0.4) is 0 Å². The fraction of sp³-hybridized carbons (Fsp3) is 0.833. The second-order valence-corrected chi connectivity index (χ2v) is 8.35. The summed E-state index contributed by atoms with van der Waals surface area (Å²) in [7, 11) is 0. The normalized spacial score (nSPS) is 25.9. The summed E-state index contributed by atoms with van der Waals surface area (Å²) in [4.78, 5) is 14.8. The predicted molar refractivity (Wildman–Crippen MR) is 97.2 cm³/mol. The first-order chi connectivity index (χ1) is 11.6. The maximum absolute atomic E-state index is 12.7. The van der Waals surface area contributed by atoms with E-state index < -0.39 is 0 Å². The molecular formula is C18H30N4OS. The molecule has 1 saturated heterocycles. The van der Waals surface area contributed by atoms with Gasteiger partial charge in [0.05, 0.1) is 5.75 Å². The van der Waals surface area contributed by atoms with Crippen molar-refractivity contribution >= 4 is 17.7 Å². The molecule has 1 aromatic heterocycles. The summed E-state index contributed by atoms with van der Waals surface area (Å²) >= 11 is 1.57. The van der Waals surface area contributed by atoms with Crippen molar-refractivity contribution in [2.45, 2.75) is 95.4 Å². The van der Waals surface area contributed by atoms with E-state index >= 15 is 0 Å². The van der Waals surface area contributed by atoms with Gasteiger partial charge in [-0.3, -0.25) is 4.79 Å². The Morgan fingerprint density at radius 2 is 1.71 bits per heavy atom. The molecule has 2 heterocycles. The molecule has 5 nitrogen and oxygen atoms in total. The van der Waals surface area contributed by atoms with Crippen molar-refractivity contribution in [3.63, 3.8) is 0 Å². The van der Waals surface area contributed by atoms with Gasteiger partial charge in [-0.25, -0.2) is 0 Å². The highest BCUT2D eigenvalue weighted by atomic mass is 32.2. The minimum Gasteiger partial charge on any atom is -0.337 e. The number of carbonyl (C=O) groups is 1. The number of rotatable bonds is 4. The number of hydrogen-bond acceptors (Lipinski definition) is 4. The predicted octanol–water partition coefficient (Wildman–Crippen LogP) is 3.97. The molecule has 2 fully saturated rings. The third-order valence-corrected chi connectivity index (χ3v) is 6.51. The fourth-order valence-electron chi connectivity index (χ4n) is 4.32. The summed E-state index contributed by atoms with van der Waals surface area (Å²) in [5.74, 6) is 1.70. The van der Waals surface area contributed by atoms with Gasteiger partial charge >= 0.3 is 0 Å². The lowest BCUT2D eigenvalue weighted by Gasteiger charge is -2.39. The van der Waals surface area contributed by atoms with E-state index in [1.807, 2.05) is 6.92 Å². The van der Waals surface area contributed by atoms with Crippen LogP contribution < -0.4 is 0 Å². The Kier molecular flexibility index (Phi) is 5.85. The molecule has 134 valence electrons. The molecule has 1 amide bonds. The first-order valence-electron chi connectivity index (χ1n) is 9.43. The fourth-order valence-corrected chi connectivity index (χ4v) is 5.24. The number of hydrogen-bond donors (Lipinski definition) is 0. The summed E-state index contributed by atoms with van der Waals surface area (Å²) in [6, 6.07) is 1.23. The highest BCUT2D eigenvalue weighted by Crippen LogP contribution is 2.33. The molecule has 0 N–H and O–H groups in total. The molecule has 6 heteroatoms. The number of aromatic nitrogens is 3. The molecule has 0 radical (unpaired) electrons. The first kappa shape index (κ1) is 17.8. The van der Waals surface area contributed by atoms with Gasteiger partial charge in [0.1, 0.15) is 5.82 Å². The molecule has 24 heavy (non-hydrogen) atoms. The van der Waals surface area contributed by atoms with E-state index in [4.69, 9.17) is 0 Å². The van der Waals surface area contributed by atoms with Gasteiger partial charge < -0.3 is 9.47 Å². The van der Waals surface area contributed by atoms with Gasteiger partial charge in [0.2, 0.25) is 5.91 Å².